The lowest BCUT2D eigenvalue weighted by molar-refractivity contribution is -0.123. The van der Waals surface area contributed by atoms with Crippen LogP contribution in [0.4, 0.5) is 0 Å². The monoisotopic (exact) mass is 368 g/mol. The maximum Gasteiger partial charge on any atom is 0.277 e. The fourth-order valence-corrected chi connectivity index (χ4v) is 2.75. The van der Waals surface area contributed by atoms with Crippen LogP contribution in [0.25, 0.3) is 0 Å². The van der Waals surface area contributed by atoms with E-state index in [1.54, 1.807) is 0 Å². The Hall–Kier alpha value is -3.02. The normalized spacial score (nSPS) is 13.0. The van der Waals surface area contributed by atoms with Gasteiger partial charge in [0.05, 0.1) is 5.71 Å². The first kappa shape index (κ1) is 18.8. The molecule has 2 aromatic rings. The first-order valence-corrected chi connectivity index (χ1v) is 8.90. The van der Waals surface area contributed by atoms with Gasteiger partial charge in [-0.25, -0.2) is 5.43 Å². The molecule has 2 aromatic carbocycles. The quantitative estimate of drug-likeness (QED) is 0.622. The minimum atomic E-state index is -0.314. The van der Waals surface area contributed by atoms with Gasteiger partial charge in [-0.05, 0) is 55.2 Å². The molecule has 6 nitrogen and oxygen atoms in total. The fraction of sp³-hybridized carbons (Fsp3) is 0.333. The maximum absolute atomic E-state index is 12.1. The molecular formula is C21H24N2O4. The molecule has 0 radical (unpaired) electrons. The van der Waals surface area contributed by atoms with Crippen molar-refractivity contribution >= 4 is 11.6 Å². The van der Waals surface area contributed by atoms with Gasteiger partial charge in [-0.3, -0.25) is 4.79 Å². The first-order chi connectivity index (χ1) is 12.9. The van der Waals surface area contributed by atoms with Crippen LogP contribution in [0.3, 0.4) is 0 Å². The van der Waals surface area contributed by atoms with Gasteiger partial charge in [-0.15, -0.1) is 0 Å². The number of rotatable bonds is 6. The van der Waals surface area contributed by atoms with Crippen LogP contribution in [-0.2, 0) is 4.79 Å². The average molecular weight is 368 g/mol. The van der Waals surface area contributed by atoms with Gasteiger partial charge < -0.3 is 14.2 Å². The molecular weight excluding hydrogens is 344 g/mol. The van der Waals surface area contributed by atoms with E-state index in [1.807, 2.05) is 50.2 Å². The highest BCUT2D eigenvalue weighted by molar-refractivity contribution is 5.99. The van der Waals surface area contributed by atoms with Gasteiger partial charge in [-0.2, -0.15) is 5.10 Å². The Morgan fingerprint density at radius 1 is 1.19 bits per heavy atom. The van der Waals surface area contributed by atoms with Crippen LogP contribution in [0.2, 0.25) is 0 Å². The molecule has 0 saturated carbocycles. The Bertz CT molecular complexity index is 874. The topological polar surface area (TPSA) is 69.2 Å². The second-order valence-corrected chi connectivity index (χ2v) is 6.78. The number of ether oxygens (including phenoxy) is 3. The molecule has 27 heavy (non-hydrogen) atoms. The number of nitrogens with one attached hydrogen (secondary N) is 1. The molecule has 3 rings (SSSR count). The number of fused-ring (bicyclic) bond motifs is 1. The van der Waals surface area contributed by atoms with Crippen molar-refractivity contribution in [2.75, 3.05) is 13.4 Å². The number of amides is 1. The Morgan fingerprint density at radius 3 is 2.74 bits per heavy atom. The molecule has 0 fully saturated rings. The number of nitrogens with zero attached hydrogens (tertiary/aromatic N) is 1. The largest absolute Gasteiger partial charge is 0.483 e. The molecule has 1 aliphatic rings. The summed E-state index contributed by atoms with van der Waals surface area (Å²) in [6.45, 7) is 8.13. The molecule has 6 heteroatoms. The SMILES string of the molecule is CC(=NNC(=O)COc1cc(C)ccc1C(C)C)c1ccc2c(c1)OCO2. The van der Waals surface area contributed by atoms with E-state index >= 15 is 0 Å². The zero-order valence-corrected chi connectivity index (χ0v) is 16.0. The minimum absolute atomic E-state index is 0.0961. The summed E-state index contributed by atoms with van der Waals surface area (Å²) >= 11 is 0. The highest BCUT2D eigenvalue weighted by Gasteiger charge is 2.14. The van der Waals surface area contributed by atoms with Crippen LogP contribution < -0.4 is 19.6 Å². The van der Waals surface area contributed by atoms with Crippen LogP contribution >= 0.6 is 0 Å². The van der Waals surface area contributed by atoms with E-state index in [1.165, 1.54) is 0 Å². The first-order valence-electron chi connectivity index (χ1n) is 8.90. The van der Waals surface area contributed by atoms with E-state index in [9.17, 15) is 4.79 Å². The van der Waals surface area contributed by atoms with Gasteiger partial charge in [0.15, 0.2) is 18.1 Å². The van der Waals surface area contributed by atoms with Crippen molar-refractivity contribution in [3.8, 4) is 17.2 Å². The second-order valence-electron chi connectivity index (χ2n) is 6.78. The molecule has 1 heterocycles. The van der Waals surface area contributed by atoms with Crippen molar-refractivity contribution in [3.05, 3.63) is 53.1 Å². The predicted octanol–water partition coefficient (Wildman–Crippen LogP) is 3.77. The van der Waals surface area contributed by atoms with Crippen molar-refractivity contribution in [1.82, 2.24) is 5.43 Å². The van der Waals surface area contributed by atoms with Crippen LogP contribution in [0.5, 0.6) is 17.2 Å². The molecule has 0 spiro atoms. The smallest absolute Gasteiger partial charge is 0.277 e. The third-order valence-corrected chi connectivity index (χ3v) is 4.29. The molecule has 0 unspecified atom stereocenters. The van der Waals surface area contributed by atoms with E-state index in [2.05, 4.69) is 24.4 Å². The van der Waals surface area contributed by atoms with Crippen molar-refractivity contribution in [2.45, 2.75) is 33.6 Å². The summed E-state index contributed by atoms with van der Waals surface area (Å²) in [5.74, 6) is 2.12. The zero-order valence-electron chi connectivity index (χ0n) is 16.0. The van der Waals surface area contributed by atoms with E-state index in [-0.39, 0.29) is 19.3 Å². The van der Waals surface area contributed by atoms with Crippen LogP contribution in [0.1, 0.15) is 43.4 Å². The Kier molecular flexibility index (Phi) is 5.64. The molecule has 1 aliphatic heterocycles. The molecule has 142 valence electrons. The second kappa shape index (κ2) is 8.12. The van der Waals surface area contributed by atoms with Crippen LogP contribution in [0.15, 0.2) is 41.5 Å². The lowest BCUT2D eigenvalue weighted by Gasteiger charge is -2.14. The minimum Gasteiger partial charge on any atom is -0.483 e. The summed E-state index contributed by atoms with van der Waals surface area (Å²) in [5.41, 5.74) is 6.22. The third-order valence-electron chi connectivity index (χ3n) is 4.29. The number of carbonyl (C=O) groups is 1. The van der Waals surface area contributed by atoms with Crippen molar-refractivity contribution < 1.29 is 19.0 Å². The van der Waals surface area contributed by atoms with Gasteiger partial charge >= 0.3 is 0 Å². The average Bonchev–Trinajstić information content (AvgIpc) is 3.11. The Balaban J connectivity index is 1.60. The molecule has 0 aliphatic carbocycles. The zero-order chi connectivity index (χ0) is 19.4. The predicted molar refractivity (Wildman–Crippen MR) is 104 cm³/mol. The van der Waals surface area contributed by atoms with Gasteiger partial charge in [0.25, 0.3) is 5.91 Å². The summed E-state index contributed by atoms with van der Waals surface area (Å²) < 4.78 is 16.4. The highest BCUT2D eigenvalue weighted by atomic mass is 16.7. The summed E-state index contributed by atoms with van der Waals surface area (Å²) in [5, 5.41) is 4.15. The molecule has 0 atom stereocenters. The maximum atomic E-state index is 12.1. The molecule has 0 saturated heterocycles. The third kappa shape index (κ3) is 4.58. The van der Waals surface area contributed by atoms with E-state index in [0.29, 0.717) is 23.1 Å². The molecule has 1 amide bonds. The van der Waals surface area contributed by atoms with Gasteiger partial charge in [0, 0.05) is 5.56 Å². The molecule has 1 N–H and O–H groups in total. The summed E-state index contributed by atoms with van der Waals surface area (Å²) in [7, 11) is 0. The van der Waals surface area contributed by atoms with Gasteiger partial charge in [0.2, 0.25) is 6.79 Å². The van der Waals surface area contributed by atoms with Crippen LogP contribution in [-0.4, -0.2) is 25.0 Å². The number of hydrazone groups is 1. The highest BCUT2D eigenvalue weighted by Crippen LogP contribution is 2.32. The lowest BCUT2D eigenvalue weighted by atomic mass is 10.0. The molecule has 0 aromatic heterocycles. The number of aryl methyl sites for hydroxylation is 1. The van der Waals surface area contributed by atoms with Crippen molar-refractivity contribution in [2.24, 2.45) is 5.10 Å². The van der Waals surface area contributed by atoms with E-state index in [4.69, 9.17) is 14.2 Å². The van der Waals surface area contributed by atoms with E-state index in [0.717, 1.165) is 22.4 Å². The van der Waals surface area contributed by atoms with Crippen molar-refractivity contribution in [3.63, 3.8) is 0 Å². The van der Waals surface area contributed by atoms with Crippen LogP contribution in [0, 0.1) is 6.92 Å². The standard InChI is InChI=1S/C21H24N2O4/c1-13(2)17-7-5-14(3)9-19(17)25-11-21(24)23-22-15(4)16-6-8-18-20(10-16)27-12-26-18/h5-10,13H,11-12H2,1-4H3,(H,23,24). The summed E-state index contributed by atoms with van der Waals surface area (Å²) in [6.07, 6.45) is 0. The number of hydrogen-bond donors (Lipinski definition) is 1. The van der Waals surface area contributed by atoms with Crippen molar-refractivity contribution in [1.29, 1.82) is 0 Å². The number of hydrogen-bond acceptors (Lipinski definition) is 5. The summed E-state index contributed by atoms with van der Waals surface area (Å²) in [4.78, 5) is 12.1. The fourth-order valence-electron chi connectivity index (χ4n) is 2.75. The van der Waals surface area contributed by atoms with Gasteiger partial charge in [-0.1, -0.05) is 26.0 Å². The lowest BCUT2D eigenvalue weighted by Crippen LogP contribution is -2.26. The Morgan fingerprint density at radius 2 is 1.96 bits per heavy atom. The van der Waals surface area contributed by atoms with E-state index < -0.39 is 0 Å². The number of benzene rings is 2. The Labute approximate surface area is 159 Å². The molecule has 0 bridgehead atoms. The number of carbonyl (C=O) groups excluding carboxylic acids is 1. The summed E-state index contributed by atoms with van der Waals surface area (Å²) in [6, 6.07) is 11.6. The van der Waals surface area contributed by atoms with Gasteiger partial charge in [0.1, 0.15) is 5.75 Å².